The molecule has 0 aliphatic carbocycles. The Balaban J connectivity index is 1.54. The van der Waals surface area contributed by atoms with Crippen molar-refractivity contribution in [1.82, 2.24) is 14.5 Å². The highest BCUT2D eigenvalue weighted by molar-refractivity contribution is 5.76. The molecule has 0 radical (unpaired) electrons. The third kappa shape index (κ3) is 4.48. The number of carbonyl (C=O) groups excluding carboxylic acids is 1. The van der Waals surface area contributed by atoms with Crippen LogP contribution in [0.15, 0.2) is 30.6 Å². The van der Waals surface area contributed by atoms with Crippen molar-refractivity contribution < 1.29 is 13.6 Å². The van der Waals surface area contributed by atoms with Gasteiger partial charge in [-0.2, -0.15) is 0 Å². The van der Waals surface area contributed by atoms with Gasteiger partial charge in [0.05, 0.1) is 0 Å². The van der Waals surface area contributed by atoms with Gasteiger partial charge in [0.15, 0.2) is 0 Å². The lowest BCUT2D eigenvalue weighted by molar-refractivity contribution is -0.133. The number of hydrogen-bond acceptors (Lipinski definition) is 2. The lowest BCUT2D eigenvalue weighted by Crippen LogP contribution is -2.41. The highest BCUT2D eigenvalue weighted by atomic mass is 19.1. The van der Waals surface area contributed by atoms with E-state index in [1.807, 2.05) is 22.6 Å². The molecule has 2 aromatic rings. The smallest absolute Gasteiger partial charge is 0.242 e. The third-order valence-corrected chi connectivity index (χ3v) is 5.13. The van der Waals surface area contributed by atoms with Gasteiger partial charge in [0, 0.05) is 38.0 Å². The monoisotopic (exact) mass is 361 g/mol. The van der Waals surface area contributed by atoms with Gasteiger partial charge in [-0.05, 0) is 43.2 Å². The molecule has 4 nitrogen and oxygen atoms in total. The molecule has 0 N–H and O–H groups in total. The molecular formula is C20H25F2N3O. The van der Waals surface area contributed by atoms with E-state index in [1.54, 1.807) is 6.20 Å². The standard InChI is InChI=1S/C20H25F2N3O/c1-2-19-23-9-11-24(19)14-20(26)25-10-3-4-15(13-25)5-6-16-7-8-17(21)12-18(16)22/h7-9,11-12,15H,2-6,10,13-14H2,1H3. The van der Waals surface area contributed by atoms with E-state index >= 15 is 0 Å². The average Bonchev–Trinajstić information content (AvgIpc) is 3.08. The second kappa shape index (κ2) is 8.43. The van der Waals surface area contributed by atoms with E-state index < -0.39 is 11.6 Å². The summed E-state index contributed by atoms with van der Waals surface area (Å²) in [6.07, 6.45) is 7.74. The van der Waals surface area contributed by atoms with Crippen molar-refractivity contribution in [2.24, 2.45) is 5.92 Å². The van der Waals surface area contributed by atoms with Crippen LogP contribution in [0.2, 0.25) is 0 Å². The number of rotatable bonds is 6. The number of likely N-dealkylation sites (tertiary alicyclic amines) is 1. The number of imidazole rings is 1. The van der Waals surface area contributed by atoms with Gasteiger partial charge in [0.1, 0.15) is 24.0 Å². The van der Waals surface area contributed by atoms with Crippen LogP contribution in [0.1, 0.15) is 37.6 Å². The fourth-order valence-corrected chi connectivity index (χ4v) is 3.66. The summed E-state index contributed by atoms with van der Waals surface area (Å²) in [5, 5.41) is 0. The van der Waals surface area contributed by atoms with Gasteiger partial charge < -0.3 is 9.47 Å². The number of halogens is 2. The van der Waals surface area contributed by atoms with Crippen molar-refractivity contribution in [1.29, 1.82) is 0 Å². The van der Waals surface area contributed by atoms with Crippen LogP contribution in [0.3, 0.4) is 0 Å². The highest BCUT2D eigenvalue weighted by Gasteiger charge is 2.24. The maximum Gasteiger partial charge on any atom is 0.242 e. The first-order valence-electron chi connectivity index (χ1n) is 9.28. The third-order valence-electron chi connectivity index (χ3n) is 5.13. The number of benzene rings is 1. The van der Waals surface area contributed by atoms with E-state index in [0.717, 1.165) is 44.1 Å². The second-order valence-electron chi connectivity index (χ2n) is 6.95. The lowest BCUT2D eigenvalue weighted by atomic mass is 9.91. The molecule has 1 atom stereocenters. The molecule has 1 amide bonds. The number of nitrogens with zero attached hydrogens (tertiary/aromatic N) is 3. The maximum atomic E-state index is 13.8. The van der Waals surface area contributed by atoms with Crippen LogP contribution >= 0.6 is 0 Å². The molecule has 2 heterocycles. The molecule has 1 aliphatic heterocycles. The maximum absolute atomic E-state index is 13.8. The molecule has 0 saturated carbocycles. The number of aromatic nitrogens is 2. The number of amides is 1. The zero-order valence-electron chi connectivity index (χ0n) is 15.1. The zero-order valence-corrected chi connectivity index (χ0v) is 15.1. The topological polar surface area (TPSA) is 38.1 Å². The van der Waals surface area contributed by atoms with Crippen molar-refractivity contribution in [3.05, 3.63) is 53.6 Å². The van der Waals surface area contributed by atoms with Gasteiger partial charge in [-0.25, -0.2) is 13.8 Å². The molecule has 1 saturated heterocycles. The van der Waals surface area contributed by atoms with Crippen molar-refractivity contribution in [3.8, 4) is 0 Å². The summed E-state index contributed by atoms with van der Waals surface area (Å²) in [6.45, 7) is 3.82. The number of aryl methyl sites for hydroxylation is 2. The number of piperidine rings is 1. The number of carbonyl (C=O) groups is 1. The highest BCUT2D eigenvalue weighted by Crippen LogP contribution is 2.23. The minimum absolute atomic E-state index is 0.107. The van der Waals surface area contributed by atoms with Crippen LogP contribution in [-0.2, 0) is 24.2 Å². The number of hydrogen-bond donors (Lipinski definition) is 0. The second-order valence-corrected chi connectivity index (χ2v) is 6.95. The molecule has 3 rings (SSSR count). The summed E-state index contributed by atoms with van der Waals surface area (Å²) in [5.74, 6) is 0.340. The molecule has 140 valence electrons. The SMILES string of the molecule is CCc1nccn1CC(=O)N1CCCC(CCc2ccc(F)cc2F)C1. The van der Waals surface area contributed by atoms with E-state index in [-0.39, 0.29) is 5.91 Å². The molecule has 6 heteroatoms. The first-order valence-corrected chi connectivity index (χ1v) is 9.28. The molecule has 1 aromatic heterocycles. The first-order chi connectivity index (χ1) is 12.6. The van der Waals surface area contributed by atoms with Crippen LogP contribution in [0.25, 0.3) is 0 Å². The van der Waals surface area contributed by atoms with Gasteiger partial charge in [-0.15, -0.1) is 0 Å². The van der Waals surface area contributed by atoms with Gasteiger partial charge in [-0.1, -0.05) is 13.0 Å². The van der Waals surface area contributed by atoms with Crippen molar-refractivity contribution >= 4 is 5.91 Å². The van der Waals surface area contributed by atoms with E-state index in [2.05, 4.69) is 4.98 Å². The molecule has 26 heavy (non-hydrogen) atoms. The lowest BCUT2D eigenvalue weighted by Gasteiger charge is -2.33. The van der Waals surface area contributed by atoms with Crippen LogP contribution in [0.5, 0.6) is 0 Å². The van der Waals surface area contributed by atoms with Crippen LogP contribution in [0.4, 0.5) is 8.78 Å². The predicted molar refractivity (Wildman–Crippen MR) is 95.6 cm³/mol. The van der Waals surface area contributed by atoms with Crippen LogP contribution in [0, 0.1) is 17.6 Å². The Morgan fingerprint density at radius 3 is 2.96 bits per heavy atom. The summed E-state index contributed by atoms with van der Waals surface area (Å²) in [5.41, 5.74) is 0.542. The van der Waals surface area contributed by atoms with Gasteiger partial charge >= 0.3 is 0 Å². The average molecular weight is 361 g/mol. The Kier molecular flexibility index (Phi) is 6.01. The Morgan fingerprint density at radius 1 is 1.35 bits per heavy atom. The molecule has 1 aliphatic rings. The summed E-state index contributed by atoms with van der Waals surface area (Å²) in [7, 11) is 0. The van der Waals surface area contributed by atoms with E-state index in [4.69, 9.17) is 0 Å². The van der Waals surface area contributed by atoms with E-state index in [1.165, 1.54) is 12.1 Å². The zero-order chi connectivity index (χ0) is 18.5. The molecular weight excluding hydrogens is 336 g/mol. The van der Waals surface area contributed by atoms with E-state index in [9.17, 15) is 13.6 Å². The largest absolute Gasteiger partial charge is 0.341 e. The molecule has 1 fully saturated rings. The van der Waals surface area contributed by atoms with E-state index in [0.29, 0.717) is 31.0 Å². The molecule has 0 bridgehead atoms. The fourth-order valence-electron chi connectivity index (χ4n) is 3.66. The molecule has 0 spiro atoms. The fraction of sp³-hybridized carbons (Fsp3) is 0.500. The Morgan fingerprint density at radius 2 is 2.19 bits per heavy atom. The normalized spacial score (nSPS) is 17.5. The van der Waals surface area contributed by atoms with Crippen molar-refractivity contribution in [2.75, 3.05) is 13.1 Å². The Bertz CT molecular complexity index is 759. The summed E-state index contributed by atoms with van der Waals surface area (Å²) < 4.78 is 28.7. The van der Waals surface area contributed by atoms with Crippen LogP contribution in [-0.4, -0.2) is 33.4 Å². The first kappa shape index (κ1) is 18.5. The van der Waals surface area contributed by atoms with Gasteiger partial charge in [-0.3, -0.25) is 4.79 Å². The Hall–Kier alpha value is -2.24. The minimum atomic E-state index is -0.549. The quantitative estimate of drug-likeness (QED) is 0.789. The summed E-state index contributed by atoms with van der Waals surface area (Å²) in [6, 6.07) is 3.75. The van der Waals surface area contributed by atoms with Crippen LogP contribution < -0.4 is 0 Å². The summed E-state index contributed by atoms with van der Waals surface area (Å²) >= 11 is 0. The van der Waals surface area contributed by atoms with Gasteiger partial charge in [0.25, 0.3) is 0 Å². The Labute approximate surface area is 152 Å². The molecule has 1 unspecified atom stereocenters. The van der Waals surface area contributed by atoms with Crippen molar-refractivity contribution in [3.63, 3.8) is 0 Å². The van der Waals surface area contributed by atoms with Crippen molar-refractivity contribution in [2.45, 2.75) is 45.6 Å². The summed E-state index contributed by atoms with van der Waals surface area (Å²) in [4.78, 5) is 18.8. The molecule has 1 aromatic carbocycles. The van der Waals surface area contributed by atoms with Gasteiger partial charge in [0.2, 0.25) is 5.91 Å². The predicted octanol–water partition coefficient (Wildman–Crippen LogP) is 3.60. The minimum Gasteiger partial charge on any atom is -0.341 e.